The van der Waals surface area contributed by atoms with Gasteiger partial charge in [0.05, 0.1) is 0 Å². The van der Waals surface area contributed by atoms with Crippen LogP contribution in [-0.2, 0) is 0 Å². The van der Waals surface area contributed by atoms with Crippen molar-refractivity contribution in [2.45, 2.75) is 6.92 Å². The minimum Gasteiger partial charge on any atom is -0.361 e. The molecule has 1 aromatic heterocycles. The first-order chi connectivity index (χ1) is 6.81. The molecule has 0 aliphatic carbocycles. The average Bonchev–Trinajstić information content (AvgIpc) is 2.70. The highest BCUT2D eigenvalue weighted by Crippen LogP contribution is 2.21. The van der Waals surface area contributed by atoms with E-state index in [1.807, 2.05) is 43.5 Å². The molecule has 0 atom stereocenters. The average molecular weight is 185 g/mol. The van der Waals surface area contributed by atoms with Crippen LogP contribution in [0, 0.1) is 6.92 Å². The fourth-order valence-electron chi connectivity index (χ4n) is 1.50. The van der Waals surface area contributed by atoms with Crippen LogP contribution in [0.15, 0.2) is 36.5 Å². The molecule has 14 heavy (non-hydrogen) atoms. The number of benzene rings is 1. The van der Waals surface area contributed by atoms with Crippen molar-refractivity contribution in [2.24, 2.45) is 0 Å². The summed E-state index contributed by atoms with van der Waals surface area (Å²) in [7, 11) is 0. The molecule has 1 aromatic carbocycles. The summed E-state index contributed by atoms with van der Waals surface area (Å²) in [6.07, 6.45) is 2.74. The predicted octanol–water partition coefficient (Wildman–Crippen LogP) is 2.80. The zero-order chi connectivity index (χ0) is 9.97. The second kappa shape index (κ2) is 3.50. The SMILES string of the molecule is Cc1ccc(C=O)c(-c2ccc[nH]2)c1. The van der Waals surface area contributed by atoms with Crippen LogP contribution in [0.5, 0.6) is 0 Å². The number of rotatable bonds is 2. The van der Waals surface area contributed by atoms with Gasteiger partial charge in [-0.15, -0.1) is 0 Å². The second-order valence-electron chi connectivity index (χ2n) is 3.29. The fraction of sp³-hybridized carbons (Fsp3) is 0.0833. The zero-order valence-corrected chi connectivity index (χ0v) is 7.95. The van der Waals surface area contributed by atoms with E-state index in [0.717, 1.165) is 28.7 Å². The van der Waals surface area contributed by atoms with Crippen LogP contribution < -0.4 is 0 Å². The molecule has 0 spiro atoms. The molecule has 2 aromatic rings. The van der Waals surface area contributed by atoms with E-state index in [-0.39, 0.29) is 0 Å². The summed E-state index contributed by atoms with van der Waals surface area (Å²) in [5, 5.41) is 0. The van der Waals surface area contributed by atoms with Crippen molar-refractivity contribution in [3.63, 3.8) is 0 Å². The van der Waals surface area contributed by atoms with Gasteiger partial charge in [-0.2, -0.15) is 0 Å². The minimum atomic E-state index is 0.720. The molecule has 2 heteroatoms. The van der Waals surface area contributed by atoms with E-state index >= 15 is 0 Å². The molecule has 2 rings (SSSR count). The van der Waals surface area contributed by atoms with Crippen LogP contribution in [0.25, 0.3) is 11.3 Å². The highest BCUT2D eigenvalue weighted by atomic mass is 16.1. The fourth-order valence-corrected chi connectivity index (χ4v) is 1.50. The largest absolute Gasteiger partial charge is 0.361 e. The van der Waals surface area contributed by atoms with Crippen molar-refractivity contribution in [2.75, 3.05) is 0 Å². The monoisotopic (exact) mass is 185 g/mol. The van der Waals surface area contributed by atoms with E-state index in [4.69, 9.17) is 0 Å². The van der Waals surface area contributed by atoms with Gasteiger partial charge in [-0.05, 0) is 25.1 Å². The van der Waals surface area contributed by atoms with Crippen LogP contribution in [0.3, 0.4) is 0 Å². The third-order valence-electron chi connectivity index (χ3n) is 2.22. The molecule has 0 radical (unpaired) electrons. The first kappa shape index (κ1) is 8.75. The normalized spacial score (nSPS) is 10.1. The molecule has 0 unspecified atom stereocenters. The Labute approximate surface area is 82.6 Å². The number of aromatic nitrogens is 1. The highest BCUT2D eigenvalue weighted by molar-refractivity contribution is 5.86. The molecule has 0 aliphatic rings. The Kier molecular flexibility index (Phi) is 2.19. The Hall–Kier alpha value is -1.83. The minimum absolute atomic E-state index is 0.720. The van der Waals surface area contributed by atoms with Gasteiger partial charge in [0, 0.05) is 23.0 Å². The molecule has 0 fully saturated rings. The van der Waals surface area contributed by atoms with Gasteiger partial charge in [0.25, 0.3) is 0 Å². The summed E-state index contributed by atoms with van der Waals surface area (Å²) in [6.45, 7) is 2.01. The van der Waals surface area contributed by atoms with Gasteiger partial charge in [-0.25, -0.2) is 0 Å². The van der Waals surface area contributed by atoms with Gasteiger partial charge in [-0.1, -0.05) is 17.7 Å². The molecule has 1 heterocycles. The van der Waals surface area contributed by atoms with E-state index in [2.05, 4.69) is 4.98 Å². The molecule has 0 aliphatic heterocycles. The Morgan fingerprint density at radius 1 is 1.29 bits per heavy atom. The van der Waals surface area contributed by atoms with Gasteiger partial charge in [0.2, 0.25) is 0 Å². The number of H-pyrrole nitrogens is 1. The lowest BCUT2D eigenvalue weighted by Crippen LogP contribution is -1.88. The maximum Gasteiger partial charge on any atom is 0.150 e. The Morgan fingerprint density at radius 2 is 2.14 bits per heavy atom. The molecule has 0 amide bonds. The van der Waals surface area contributed by atoms with Crippen molar-refractivity contribution in [1.82, 2.24) is 4.98 Å². The summed E-state index contributed by atoms with van der Waals surface area (Å²) >= 11 is 0. The molecule has 70 valence electrons. The zero-order valence-electron chi connectivity index (χ0n) is 7.95. The lowest BCUT2D eigenvalue weighted by Gasteiger charge is -2.03. The van der Waals surface area contributed by atoms with Gasteiger partial charge < -0.3 is 4.98 Å². The molecule has 0 saturated carbocycles. The number of hydrogen-bond acceptors (Lipinski definition) is 1. The Balaban J connectivity index is 2.61. The molecule has 0 saturated heterocycles. The molecule has 1 N–H and O–H groups in total. The standard InChI is InChI=1S/C12H11NO/c1-9-4-5-10(8-14)11(7-9)12-3-2-6-13-12/h2-8,13H,1H3. The Bertz CT molecular complexity index is 443. The van der Waals surface area contributed by atoms with Gasteiger partial charge in [-0.3, -0.25) is 4.79 Å². The molecular weight excluding hydrogens is 174 g/mol. The molecule has 2 nitrogen and oxygen atoms in total. The first-order valence-corrected chi connectivity index (χ1v) is 4.51. The highest BCUT2D eigenvalue weighted by Gasteiger charge is 2.04. The first-order valence-electron chi connectivity index (χ1n) is 4.51. The van der Waals surface area contributed by atoms with E-state index < -0.39 is 0 Å². The van der Waals surface area contributed by atoms with E-state index in [1.165, 1.54) is 0 Å². The van der Waals surface area contributed by atoms with Crippen molar-refractivity contribution < 1.29 is 4.79 Å². The summed E-state index contributed by atoms with van der Waals surface area (Å²) < 4.78 is 0. The number of hydrogen-bond donors (Lipinski definition) is 1. The number of aldehydes is 1. The number of aryl methyl sites for hydroxylation is 1. The van der Waals surface area contributed by atoms with Gasteiger partial charge in [0.15, 0.2) is 6.29 Å². The molecular formula is C12H11NO. The smallest absolute Gasteiger partial charge is 0.150 e. The predicted molar refractivity (Wildman–Crippen MR) is 56.4 cm³/mol. The summed E-state index contributed by atoms with van der Waals surface area (Å²) in [5.41, 5.74) is 3.82. The summed E-state index contributed by atoms with van der Waals surface area (Å²) in [4.78, 5) is 13.9. The summed E-state index contributed by atoms with van der Waals surface area (Å²) in [5.74, 6) is 0. The number of carbonyl (C=O) groups is 1. The van der Waals surface area contributed by atoms with Crippen LogP contribution >= 0.6 is 0 Å². The van der Waals surface area contributed by atoms with Crippen LogP contribution in [0.4, 0.5) is 0 Å². The second-order valence-corrected chi connectivity index (χ2v) is 3.29. The third-order valence-corrected chi connectivity index (χ3v) is 2.22. The molecule has 0 bridgehead atoms. The van der Waals surface area contributed by atoms with Gasteiger partial charge in [0.1, 0.15) is 0 Å². The van der Waals surface area contributed by atoms with Crippen LogP contribution in [-0.4, -0.2) is 11.3 Å². The van der Waals surface area contributed by atoms with Gasteiger partial charge >= 0.3 is 0 Å². The number of carbonyl (C=O) groups excluding carboxylic acids is 1. The maximum absolute atomic E-state index is 10.8. The maximum atomic E-state index is 10.8. The van der Waals surface area contributed by atoms with Crippen molar-refractivity contribution in [3.8, 4) is 11.3 Å². The number of aromatic amines is 1. The summed E-state index contributed by atoms with van der Waals surface area (Å²) in [6, 6.07) is 9.68. The lowest BCUT2D eigenvalue weighted by molar-refractivity contribution is 0.112. The van der Waals surface area contributed by atoms with Crippen LogP contribution in [0.1, 0.15) is 15.9 Å². The quantitative estimate of drug-likeness (QED) is 0.717. The Morgan fingerprint density at radius 3 is 2.79 bits per heavy atom. The van der Waals surface area contributed by atoms with Crippen LogP contribution in [0.2, 0.25) is 0 Å². The number of nitrogens with one attached hydrogen (secondary N) is 1. The van der Waals surface area contributed by atoms with Crippen molar-refractivity contribution >= 4 is 6.29 Å². The van der Waals surface area contributed by atoms with Crippen molar-refractivity contribution in [1.29, 1.82) is 0 Å². The van der Waals surface area contributed by atoms with Crippen molar-refractivity contribution in [3.05, 3.63) is 47.7 Å². The van der Waals surface area contributed by atoms with E-state index in [9.17, 15) is 4.79 Å². The van der Waals surface area contributed by atoms with E-state index in [0.29, 0.717) is 0 Å². The topological polar surface area (TPSA) is 32.9 Å². The third kappa shape index (κ3) is 1.46. The lowest BCUT2D eigenvalue weighted by atomic mass is 10.0. The van der Waals surface area contributed by atoms with E-state index in [1.54, 1.807) is 0 Å².